The van der Waals surface area contributed by atoms with Gasteiger partial charge in [0.1, 0.15) is 5.92 Å². The van der Waals surface area contributed by atoms with E-state index in [1.165, 1.54) is 28.6 Å². The lowest BCUT2D eigenvalue weighted by atomic mass is 9.95. The number of carbonyl (C=O) groups excluding carboxylic acids is 3. The molecule has 2 N–H and O–H groups in total. The van der Waals surface area contributed by atoms with Crippen molar-refractivity contribution in [1.82, 2.24) is 4.31 Å². The molecule has 0 saturated carbocycles. The molecule has 2 amide bonds. The number of rotatable bonds is 7. The van der Waals surface area contributed by atoms with E-state index >= 15 is 0 Å². The lowest BCUT2D eigenvalue weighted by molar-refractivity contribution is -0.138. The van der Waals surface area contributed by atoms with Crippen LogP contribution in [0.5, 0.6) is 0 Å². The molecule has 1 heterocycles. The number of hydrogen-bond donors (Lipinski definition) is 2. The van der Waals surface area contributed by atoms with Crippen molar-refractivity contribution < 1.29 is 22.8 Å². The zero-order valence-corrected chi connectivity index (χ0v) is 16.8. The fourth-order valence-electron chi connectivity index (χ4n) is 3.24. The molecule has 8 nitrogen and oxygen atoms in total. The van der Waals surface area contributed by atoms with Gasteiger partial charge in [-0.05, 0) is 29.8 Å². The maximum Gasteiger partial charge on any atom is 0.292 e. The van der Waals surface area contributed by atoms with Crippen LogP contribution < -0.4 is 10.6 Å². The van der Waals surface area contributed by atoms with Gasteiger partial charge >= 0.3 is 0 Å². The molecular formula is C20H21N3O5S. The first kappa shape index (κ1) is 20.7. The summed E-state index contributed by atoms with van der Waals surface area (Å²) in [5.41, 5.74) is 1.09. The molecule has 2 aromatic rings. The number of para-hydroxylation sites is 1. The highest BCUT2D eigenvalue weighted by molar-refractivity contribution is 7.89. The molecule has 0 radical (unpaired) electrons. The maximum absolute atomic E-state index is 12.6. The Kier molecular flexibility index (Phi) is 5.81. The Labute approximate surface area is 169 Å². The molecule has 1 aliphatic heterocycles. The summed E-state index contributed by atoms with van der Waals surface area (Å²) in [5.74, 6) is -3.69. The number of fused-ring (bicyclic) bond motifs is 1. The van der Waals surface area contributed by atoms with E-state index in [9.17, 15) is 22.8 Å². The second-order valence-corrected chi connectivity index (χ2v) is 8.38. The third-order valence-corrected chi connectivity index (χ3v) is 6.76. The molecule has 3 rings (SSSR count). The highest BCUT2D eigenvalue weighted by Crippen LogP contribution is 2.33. The number of amides is 2. The van der Waals surface area contributed by atoms with Gasteiger partial charge in [-0.2, -0.15) is 4.31 Å². The summed E-state index contributed by atoms with van der Waals surface area (Å²) in [6.07, 6.45) is 0. The Morgan fingerprint density at radius 2 is 1.76 bits per heavy atom. The monoisotopic (exact) mass is 415 g/mol. The molecule has 0 aliphatic carbocycles. The Balaban J connectivity index is 1.82. The third-order valence-electron chi connectivity index (χ3n) is 4.71. The van der Waals surface area contributed by atoms with Crippen molar-refractivity contribution in [1.29, 1.82) is 0 Å². The number of hydrogen-bond acceptors (Lipinski definition) is 5. The number of anilines is 2. The van der Waals surface area contributed by atoms with E-state index in [0.717, 1.165) is 0 Å². The van der Waals surface area contributed by atoms with Crippen molar-refractivity contribution in [2.75, 3.05) is 23.7 Å². The van der Waals surface area contributed by atoms with Gasteiger partial charge in [-0.25, -0.2) is 8.42 Å². The van der Waals surface area contributed by atoms with Gasteiger partial charge in [0, 0.05) is 24.5 Å². The van der Waals surface area contributed by atoms with Crippen molar-refractivity contribution in [3.63, 3.8) is 0 Å². The third kappa shape index (κ3) is 3.92. The number of ketones is 1. The number of benzene rings is 2. The number of nitrogens with zero attached hydrogens (tertiary/aromatic N) is 1. The highest BCUT2D eigenvalue weighted by Gasteiger charge is 2.39. The summed E-state index contributed by atoms with van der Waals surface area (Å²) in [7, 11) is -3.71. The minimum atomic E-state index is -3.71. The van der Waals surface area contributed by atoms with Crippen LogP contribution in [0.1, 0.15) is 25.3 Å². The zero-order chi connectivity index (χ0) is 21.2. The van der Waals surface area contributed by atoms with E-state index in [1.54, 1.807) is 38.1 Å². The Morgan fingerprint density at radius 3 is 2.45 bits per heavy atom. The van der Waals surface area contributed by atoms with Gasteiger partial charge in [0.15, 0.2) is 0 Å². The summed E-state index contributed by atoms with van der Waals surface area (Å²) in [6, 6.07) is 12.3. The largest absolute Gasteiger partial charge is 0.325 e. The first-order valence-corrected chi connectivity index (χ1v) is 10.6. The fraction of sp³-hybridized carbons (Fsp3) is 0.250. The molecule has 0 aromatic heterocycles. The molecule has 0 bridgehead atoms. The summed E-state index contributed by atoms with van der Waals surface area (Å²) in [5, 5.41) is 4.98. The van der Waals surface area contributed by atoms with Crippen LogP contribution in [0.4, 0.5) is 11.4 Å². The van der Waals surface area contributed by atoms with Crippen LogP contribution in [0.25, 0.3) is 0 Å². The van der Waals surface area contributed by atoms with E-state index < -0.39 is 33.5 Å². The number of nitrogens with one attached hydrogen (secondary N) is 2. The van der Waals surface area contributed by atoms with Gasteiger partial charge < -0.3 is 10.6 Å². The van der Waals surface area contributed by atoms with Gasteiger partial charge in [0.05, 0.1) is 4.90 Å². The summed E-state index contributed by atoms with van der Waals surface area (Å²) >= 11 is 0. The van der Waals surface area contributed by atoms with Crippen molar-refractivity contribution in [3.8, 4) is 0 Å². The fourth-order valence-corrected chi connectivity index (χ4v) is 4.74. The van der Waals surface area contributed by atoms with Gasteiger partial charge in [-0.15, -0.1) is 0 Å². The topological polar surface area (TPSA) is 113 Å². The average Bonchev–Trinajstić information content (AvgIpc) is 3.04. The summed E-state index contributed by atoms with van der Waals surface area (Å²) in [6.45, 7) is 4.08. The first-order chi connectivity index (χ1) is 13.8. The molecule has 0 unspecified atom stereocenters. The molecule has 1 aliphatic rings. The normalized spacial score (nSPS) is 15.7. The molecule has 152 valence electrons. The number of sulfonamides is 1. The molecule has 9 heteroatoms. The quantitative estimate of drug-likeness (QED) is 0.530. The molecule has 0 spiro atoms. The second kappa shape index (κ2) is 8.14. The van der Waals surface area contributed by atoms with Crippen LogP contribution >= 0.6 is 0 Å². The predicted octanol–water partition coefficient (Wildman–Crippen LogP) is 1.96. The molecule has 1 atom stereocenters. The Morgan fingerprint density at radius 1 is 1.07 bits per heavy atom. The predicted molar refractivity (Wildman–Crippen MR) is 108 cm³/mol. The SMILES string of the molecule is CCN(CC)S(=O)(=O)c1cccc(NC(=O)C(=O)[C@H]2C(=O)Nc3ccccc32)c1. The molecular weight excluding hydrogens is 394 g/mol. The molecule has 2 aromatic carbocycles. The van der Waals surface area contributed by atoms with Crippen LogP contribution in [-0.2, 0) is 24.4 Å². The van der Waals surface area contributed by atoms with Gasteiger partial charge in [-0.1, -0.05) is 38.1 Å². The van der Waals surface area contributed by atoms with E-state index in [2.05, 4.69) is 10.6 Å². The summed E-state index contributed by atoms with van der Waals surface area (Å²) < 4.78 is 26.6. The Hall–Kier alpha value is -3.04. The molecule has 0 saturated heterocycles. The smallest absolute Gasteiger partial charge is 0.292 e. The lowest BCUT2D eigenvalue weighted by Crippen LogP contribution is -2.32. The maximum atomic E-state index is 12.6. The second-order valence-electron chi connectivity index (χ2n) is 6.45. The minimum absolute atomic E-state index is 0.00963. The van der Waals surface area contributed by atoms with Gasteiger partial charge in [-0.3, -0.25) is 14.4 Å². The summed E-state index contributed by atoms with van der Waals surface area (Å²) in [4.78, 5) is 37.2. The van der Waals surface area contributed by atoms with E-state index in [1.807, 2.05) is 0 Å². The van der Waals surface area contributed by atoms with Crippen molar-refractivity contribution in [2.24, 2.45) is 0 Å². The Bertz CT molecular complexity index is 1080. The van der Waals surface area contributed by atoms with Crippen molar-refractivity contribution in [3.05, 3.63) is 54.1 Å². The van der Waals surface area contributed by atoms with Gasteiger partial charge in [0.25, 0.3) is 5.91 Å². The molecule has 29 heavy (non-hydrogen) atoms. The minimum Gasteiger partial charge on any atom is -0.325 e. The van der Waals surface area contributed by atoms with E-state index in [4.69, 9.17) is 0 Å². The number of carbonyl (C=O) groups is 3. The number of Topliss-reactive ketones (excluding diaryl/α,β-unsaturated/α-hetero) is 1. The van der Waals surface area contributed by atoms with Gasteiger partial charge in [0.2, 0.25) is 21.7 Å². The standard InChI is InChI=1S/C20H21N3O5S/c1-3-23(4-2)29(27,28)14-9-7-8-13(12-14)21-20(26)18(24)17-15-10-5-6-11-16(15)22-19(17)25/h5-12,17H,3-4H2,1-2H3,(H,21,26)(H,22,25)/t17-/m0/s1. The van der Waals surface area contributed by atoms with Crippen LogP contribution in [0, 0.1) is 0 Å². The van der Waals surface area contributed by atoms with E-state index in [-0.39, 0.29) is 10.6 Å². The van der Waals surface area contributed by atoms with Crippen LogP contribution in [0.3, 0.4) is 0 Å². The first-order valence-electron chi connectivity index (χ1n) is 9.14. The van der Waals surface area contributed by atoms with Crippen molar-refractivity contribution in [2.45, 2.75) is 24.7 Å². The average molecular weight is 415 g/mol. The van der Waals surface area contributed by atoms with E-state index in [0.29, 0.717) is 24.3 Å². The molecule has 0 fully saturated rings. The van der Waals surface area contributed by atoms with Crippen molar-refractivity contribution >= 4 is 39.0 Å². The zero-order valence-electron chi connectivity index (χ0n) is 16.0. The highest BCUT2D eigenvalue weighted by atomic mass is 32.2. The van der Waals surface area contributed by atoms with Crippen LogP contribution in [-0.4, -0.2) is 43.4 Å². The van der Waals surface area contributed by atoms with Crippen LogP contribution in [0.2, 0.25) is 0 Å². The van der Waals surface area contributed by atoms with Crippen LogP contribution in [0.15, 0.2) is 53.4 Å². The lowest BCUT2D eigenvalue weighted by Gasteiger charge is -2.18.